The second-order valence-electron chi connectivity index (χ2n) is 3.98. The topological polar surface area (TPSA) is 60.8 Å². The number of carbonyl (C=O) groups is 1. The van der Waals surface area contributed by atoms with Gasteiger partial charge in [0.2, 0.25) is 0 Å². The quantitative estimate of drug-likeness (QED) is 0.596. The van der Waals surface area contributed by atoms with E-state index in [4.69, 9.17) is 5.11 Å². The molecule has 0 bridgehead atoms. The zero-order chi connectivity index (χ0) is 11.2. The molecule has 0 atom stereocenters. The molecule has 4 nitrogen and oxygen atoms in total. The van der Waals surface area contributed by atoms with E-state index in [1.54, 1.807) is 24.8 Å². The molecule has 82 valence electrons. The Morgan fingerprint density at radius 1 is 1.57 bits per heavy atom. The highest BCUT2D eigenvalue weighted by Crippen LogP contribution is 2.08. The number of carboxylic acids is 1. The van der Waals surface area contributed by atoms with Gasteiger partial charge in [-0.15, -0.1) is 6.58 Å². The van der Waals surface area contributed by atoms with E-state index in [9.17, 15) is 9.90 Å². The molecule has 0 amide bonds. The third kappa shape index (κ3) is 7.76. The molecule has 4 heteroatoms. The normalized spacial score (nSPS) is 11.7. The molecule has 0 aliphatic rings. The van der Waals surface area contributed by atoms with Crippen LogP contribution in [0.5, 0.6) is 0 Å². The Labute approximate surface area is 84.8 Å². The van der Waals surface area contributed by atoms with Crippen LogP contribution in [0.15, 0.2) is 12.7 Å². The monoisotopic (exact) mass is 201 g/mol. The maximum atomic E-state index is 10.5. The number of hydrogen-bond donors (Lipinski definition) is 2. The molecule has 0 aliphatic carbocycles. The van der Waals surface area contributed by atoms with Gasteiger partial charge >= 0.3 is 5.97 Å². The van der Waals surface area contributed by atoms with Crippen molar-refractivity contribution in [3.05, 3.63) is 12.7 Å². The molecule has 0 rings (SSSR count). The molecule has 0 aromatic rings. The fourth-order valence-corrected chi connectivity index (χ4v) is 1.04. The first kappa shape index (κ1) is 13.1. The Balaban J connectivity index is 3.96. The average Bonchev–Trinajstić information content (AvgIpc) is 1.98. The van der Waals surface area contributed by atoms with Crippen molar-refractivity contribution in [3.63, 3.8) is 0 Å². The number of nitrogens with zero attached hydrogens (tertiary/aromatic N) is 1. The maximum absolute atomic E-state index is 10.5. The van der Waals surface area contributed by atoms with Crippen LogP contribution in [0.3, 0.4) is 0 Å². The van der Waals surface area contributed by atoms with Crippen molar-refractivity contribution in [1.82, 2.24) is 4.90 Å². The number of carboxylic acid groups (broad SMARTS) is 1. The van der Waals surface area contributed by atoms with E-state index in [1.165, 1.54) is 0 Å². The van der Waals surface area contributed by atoms with Crippen molar-refractivity contribution >= 4 is 5.97 Å². The fourth-order valence-electron chi connectivity index (χ4n) is 1.04. The maximum Gasteiger partial charge on any atom is 0.317 e. The molecule has 0 aliphatic heterocycles. The zero-order valence-corrected chi connectivity index (χ0v) is 8.86. The number of aliphatic carboxylic acids is 1. The number of aliphatic hydroxyl groups is 1. The summed E-state index contributed by atoms with van der Waals surface area (Å²) in [5, 5.41) is 18.1. The van der Waals surface area contributed by atoms with Crippen molar-refractivity contribution in [2.24, 2.45) is 0 Å². The van der Waals surface area contributed by atoms with Gasteiger partial charge in [-0.25, -0.2) is 0 Å². The predicted octanol–water partition coefficient (Wildman–Crippen LogP) is 0.720. The van der Waals surface area contributed by atoms with Crippen LogP contribution < -0.4 is 0 Å². The molecule has 0 unspecified atom stereocenters. The lowest BCUT2D eigenvalue weighted by molar-refractivity contribution is -0.138. The molecule has 0 aromatic carbocycles. The van der Waals surface area contributed by atoms with Crippen LogP contribution in [0, 0.1) is 0 Å². The van der Waals surface area contributed by atoms with Gasteiger partial charge in [0.1, 0.15) is 0 Å². The van der Waals surface area contributed by atoms with Gasteiger partial charge in [-0.1, -0.05) is 6.08 Å². The zero-order valence-electron chi connectivity index (χ0n) is 8.86. The summed E-state index contributed by atoms with van der Waals surface area (Å²) < 4.78 is 0. The third-order valence-corrected chi connectivity index (χ3v) is 1.79. The Morgan fingerprint density at radius 3 is 2.50 bits per heavy atom. The summed E-state index contributed by atoms with van der Waals surface area (Å²) >= 11 is 0. The lowest BCUT2D eigenvalue weighted by Crippen LogP contribution is -2.34. The van der Waals surface area contributed by atoms with Crippen LogP contribution in [0.1, 0.15) is 20.3 Å². The highest BCUT2D eigenvalue weighted by atomic mass is 16.4. The summed E-state index contributed by atoms with van der Waals surface area (Å²) in [5.41, 5.74) is -0.752. The van der Waals surface area contributed by atoms with E-state index in [0.29, 0.717) is 19.5 Å². The first-order valence-corrected chi connectivity index (χ1v) is 4.62. The fraction of sp³-hybridized carbons (Fsp3) is 0.700. The highest BCUT2D eigenvalue weighted by molar-refractivity contribution is 5.69. The third-order valence-electron chi connectivity index (χ3n) is 1.79. The summed E-state index contributed by atoms with van der Waals surface area (Å²) in [6.45, 7) is 8.05. The molecule has 0 saturated heterocycles. The van der Waals surface area contributed by atoms with Gasteiger partial charge in [-0.2, -0.15) is 0 Å². The van der Waals surface area contributed by atoms with E-state index in [0.717, 1.165) is 0 Å². The van der Waals surface area contributed by atoms with Crippen LogP contribution >= 0.6 is 0 Å². The van der Waals surface area contributed by atoms with Crippen molar-refractivity contribution in [3.8, 4) is 0 Å². The van der Waals surface area contributed by atoms with Crippen LogP contribution in [-0.2, 0) is 4.79 Å². The van der Waals surface area contributed by atoms with E-state index in [1.807, 2.05) is 0 Å². The molecule has 0 heterocycles. The van der Waals surface area contributed by atoms with Gasteiger partial charge in [0.05, 0.1) is 12.1 Å². The van der Waals surface area contributed by atoms with Gasteiger partial charge in [0.15, 0.2) is 0 Å². The van der Waals surface area contributed by atoms with Crippen molar-refractivity contribution in [2.45, 2.75) is 25.9 Å². The van der Waals surface area contributed by atoms with E-state index in [-0.39, 0.29) is 6.54 Å². The average molecular weight is 201 g/mol. The summed E-state index contributed by atoms with van der Waals surface area (Å²) in [6, 6.07) is 0. The Bertz CT molecular complexity index is 196. The second-order valence-corrected chi connectivity index (χ2v) is 3.98. The molecule has 0 radical (unpaired) electrons. The van der Waals surface area contributed by atoms with Gasteiger partial charge in [0.25, 0.3) is 0 Å². The van der Waals surface area contributed by atoms with Gasteiger partial charge in [0, 0.05) is 13.1 Å². The minimum absolute atomic E-state index is 0.0118. The molecular formula is C10H19NO3. The summed E-state index contributed by atoms with van der Waals surface area (Å²) in [7, 11) is 0. The first-order valence-electron chi connectivity index (χ1n) is 4.62. The van der Waals surface area contributed by atoms with Gasteiger partial charge in [-0.05, 0) is 20.3 Å². The van der Waals surface area contributed by atoms with Crippen molar-refractivity contribution in [2.75, 3.05) is 19.6 Å². The van der Waals surface area contributed by atoms with Crippen LogP contribution in [-0.4, -0.2) is 46.3 Å². The molecule has 0 saturated carbocycles. The minimum atomic E-state index is -0.859. The largest absolute Gasteiger partial charge is 0.480 e. The molecule has 0 spiro atoms. The molecule has 14 heavy (non-hydrogen) atoms. The highest BCUT2D eigenvalue weighted by Gasteiger charge is 2.15. The Hall–Kier alpha value is -0.870. The SMILES string of the molecule is C=CCN(CCC(C)(C)O)CC(=O)O. The van der Waals surface area contributed by atoms with Gasteiger partial charge < -0.3 is 10.2 Å². The lowest BCUT2D eigenvalue weighted by atomic mass is 10.1. The molecule has 0 aromatic heterocycles. The second kappa shape index (κ2) is 5.78. The van der Waals surface area contributed by atoms with E-state index < -0.39 is 11.6 Å². The standard InChI is InChI=1S/C10H19NO3/c1-4-6-11(8-9(12)13)7-5-10(2,3)14/h4,14H,1,5-8H2,2-3H3,(H,12,13). The van der Waals surface area contributed by atoms with Crippen LogP contribution in [0.4, 0.5) is 0 Å². The molecule has 2 N–H and O–H groups in total. The summed E-state index contributed by atoms with van der Waals surface area (Å²) in [5.74, 6) is -0.859. The van der Waals surface area contributed by atoms with Crippen molar-refractivity contribution in [1.29, 1.82) is 0 Å². The van der Waals surface area contributed by atoms with Crippen LogP contribution in [0.2, 0.25) is 0 Å². The number of rotatable bonds is 7. The number of hydrogen-bond acceptors (Lipinski definition) is 3. The van der Waals surface area contributed by atoms with E-state index in [2.05, 4.69) is 6.58 Å². The Kier molecular flexibility index (Phi) is 5.42. The smallest absolute Gasteiger partial charge is 0.317 e. The van der Waals surface area contributed by atoms with E-state index >= 15 is 0 Å². The summed E-state index contributed by atoms with van der Waals surface area (Å²) in [4.78, 5) is 12.2. The molecule has 0 fully saturated rings. The van der Waals surface area contributed by atoms with Crippen molar-refractivity contribution < 1.29 is 15.0 Å². The van der Waals surface area contributed by atoms with Crippen LogP contribution in [0.25, 0.3) is 0 Å². The minimum Gasteiger partial charge on any atom is -0.480 e. The van der Waals surface area contributed by atoms with Gasteiger partial charge in [-0.3, -0.25) is 9.69 Å². The first-order chi connectivity index (χ1) is 6.35. The Morgan fingerprint density at radius 2 is 2.14 bits per heavy atom. The predicted molar refractivity (Wildman–Crippen MR) is 55.2 cm³/mol. The summed E-state index contributed by atoms with van der Waals surface area (Å²) in [6.07, 6.45) is 2.21. The lowest BCUT2D eigenvalue weighted by Gasteiger charge is -2.23. The molecular weight excluding hydrogens is 182 g/mol.